The molecule has 1 aliphatic rings. The van der Waals surface area contributed by atoms with Crippen molar-refractivity contribution in [3.8, 4) is 23.0 Å². The van der Waals surface area contributed by atoms with Crippen molar-refractivity contribution < 1.29 is 28.3 Å². The van der Waals surface area contributed by atoms with E-state index >= 15 is 4.39 Å². The number of hydrogen-bond acceptors (Lipinski definition) is 9. The Hall–Kier alpha value is -5.30. The monoisotopic (exact) mass is 602 g/mol. The van der Waals surface area contributed by atoms with Gasteiger partial charge in [0.1, 0.15) is 5.75 Å². The highest BCUT2D eigenvalue weighted by Gasteiger charge is 2.18. The van der Waals surface area contributed by atoms with Crippen LogP contribution in [0, 0.1) is 15.9 Å². The Labute approximate surface area is 252 Å². The Morgan fingerprint density at radius 2 is 1.91 bits per heavy atom. The third-order valence-corrected chi connectivity index (χ3v) is 7.10. The van der Waals surface area contributed by atoms with Crippen molar-refractivity contribution in [3.63, 3.8) is 0 Å². The number of ether oxygens (including phenoxy) is 3. The fourth-order valence-electron chi connectivity index (χ4n) is 4.92. The maximum atomic E-state index is 15.3. The van der Waals surface area contributed by atoms with E-state index in [1.165, 1.54) is 50.3 Å². The molecule has 3 aromatic carbocycles. The summed E-state index contributed by atoms with van der Waals surface area (Å²) in [5.74, 6) is 0.427. The second kappa shape index (κ2) is 13.8. The first-order valence-electron chi connectivity index (χ1n) is 14.0. The first-order valence-corrected chi connectivity index (χ1v) is 14.0. The maximum absolute atomic E-state index is 15.3. The number of carbonyl (C=O) groups is 1. The molecule has 1 aromatic heterocycles. The van der Waals surface area contributed by atoms with Gasteiger partial charge in [-0.25, -0.2) is 9.18 Å². The predicted molar refractivity (Wildman–Crippen MR) is 163 cm³/mol. The number of hydrogen-bond donors (Lipinski definition) is 1. The third-order valence-electron chi connectivity index (χ3n) is 7.10. The maximum Gasteiger partial charge on any atom is 0.340 e. The number of para-hydroxylation sites is 1. The van der Waals surface area contributed by atoms with Gasteiger partial charge in [0.15, 0.2) is 23.1 Å². The van der Waals surface area contributed by atoms with Crippen molar-refractivity contribution >= 4 is 34.5 Å². The topological polar surface area (TPSA) is 146 Å². The molecule has 44 heavy (non-hydrogen) atoms. The van der Waals surface area contributed by atoms with Gasteiger partial charge in [0.2, 0.25) is 0 Å². The molecule has 2 N–H and O–H groups in total. The number of rotatable bonds is 12. The largest absolute Gasteiger partial charge is 0.493 e. The average molecular weight is 603 g/mol. The van der Waals surface area contributed by atoms with Gasteiger partial charge in [0, 0.05) is 36.3 Å². The van der Waals surface area contributed by atoms with Crippen LogP contribution < -0.4 is 25.0 Å². The molecule has 1 aliphatic heterocycles. The average Bonchev–Trinajstić information content (AvgIpc) is 3.54. The second-order valence-corrected chi connectivity index (χ2v) is 10.0. The van der Waals surface area contributed by atoms with E-state index in [1.807, 2.05) is 0 Å². The van der Waals surface area contributed by atoms with Crippen molar-refractivity contribution in [1.82, 2.24) is 9.88 Å². The predicted octanol–water partition coefficient (Wildman–Crippen LogP) is 5.87. The molecule has 2 heterocycles. The molecule has 4 aromatic rings. The fraction of sp³-hybridized carbons (Fsp3) is 0.258. The molecule has 0 aliphatic carbocycles. The fourth-order valence-corrected chi connectivity index (χ4v) is 4.92. The van der Waals surface area contributed by atoms with Gasteiger partial charge in [0.05, 0.1) is 41.6 Å². The Morgan fingerprint density at radius 3 is 2.64 bits per heavy atom. The molecule has 5 rings (SSSR count). The molecular weight excluding hydrogens is 571 g/mol. The van der Waals surface area contributed by atoms with E-state index in [1.54, 1.807) is 30.5 Å². The van der Waals surface area contributed by atoms with Crippen LogP contribution >= 0.6 is 0 Å². The van der Waals surface area contributed by atoms with E-state index in [4.69, 9.17) is 19.9 Å². The van der Waals surface area contributed by atoms with Crippen LogP contribution in [0.5, 0.6) is 23.0 Å². The zero-order valence-electron chi connectivity index (χ0n) is 24.0. The van der Waals surface area contributed by atoms with Crippen LogP contribution in [-0.2, 0) is 0 Å². The molecule has 0 spiro atoms. The number of primary amides is 1. The summed E-state index contributed by atoms with van der Waals surface area (Å²) in [6.45, 7) is 3.78. The Bertz CT molecular complexity index is 1690. The van der Waals surface area contributed by atoms with Crippen LogP contribution in [0.3, 0.4) is 0 Å². The van der Waals surface area contributed by atoms with Crippen molar-refractivity contribution in [3.05, 3.63) is 88.4 Å². The van der Waals surface area contributed by atoms with Crippen LogP contribution in [0.25, 0.3) is 10.9 Å². The highest BCUT2D eigenvalue weighted by atomic mass is 19.1. The lowest BCUT2D eigenvalue weighted by Gasteiger charge is -2.17. The van der Waals surface area contributed by atoms with Gasteiger partial charge in [0.25, 0.3) is 5.69 Å². The molecule has 228 valence electrons. The molecule has 0 bridgehead atoms. The van der Waals surface area contributed by atoms with Gasteiger partial charge in [-0.15, -0.1) is 0 Å². The molecule has 0 atom stereocenters. The van der Waals surface area contributed by atoms with Gasteiger partial charge in [-0.3, -0.25) is 15.1 Å². The van der Waals surface area contributed by atoms with Gasteiger partial charge in [-0.2, -0.15) is 10.1 Å². The van der Waals surface area contributed by atoms with E-state index < -0.39 is 16.8 Å². The first kappa shape index (κ1) is 30.2. The normalized spacial score (nSPS) is 13.3. The highest BCUT2D eigenvalue weighted by molar-refractivity contribution is 5.94. The number of halogens is 1. The minimum absolute atomic E-state index is 0.00929. The lowest BCUT2D eigenvalue weighted by atomic mass is 10.1. The zero-order chi connectivity index (χ0) is 31.1. The minimum Gasteiger partial charge on any atom is -0.493 e. The minimum atomic E-state index is -1.02. The van der Waals surface area contributed by atoms with E-state index in [2.05, 4.69) is 15.0 Å². The molecular formula is C31H31FN6O6. The molecule has 1 saturated heterocycles. The molecule has 1 fully saturated rings. The number of aromatic nitrogens is 1. The highest BCUT2D eigenvalue weighted by Crippen LogP contribution is 2.38. The summed E-state index contributed by atoms with van der Waals surface area (Å²) >= 11 is 0. The van der Waals surface area contributed by atoms with Crippen LogP contribution in [0.4, 0.5) is 20.6 Å². The number of anilines is 1. The number of nitro groups is 1. The molecule has 0 saturated carbocycles. The number of hydrazone groups is 1. The number of methoxy groups -OCH3 is 1. The standard InChI is InChI=1S/C31H31FN6O6/c1-42-29-18-23-25(19-30(29)43-16-6-15-36-13-4-5-14-36)34-12-11-27(23)44-28-10-9-22(17-24(28)32)37(31(33)39)35-20-21-7-2-3-8-26(21)38(40)41/h2-3,7-12,17-20H,4-6,13-16H2,1H3,(H2,33,39)/b35-20+. The summed E-state index contributed by atoms with van der Waals surface area (Å²) in [4.78, 5) is 29.7. The summed E-state index contributed by atoms with van der Waals surface area (Å²) in [7, 11) is 1.54. The first-order chi connectivity index (χ1) is 21.3. The van der Waals surface area contributed by atoms with E-state index in [-0.39, 0.29) is 22.7 Å². The molecule has 12 nitrogen and oxygen atoms in total. The summed E-state index contributed by atoms with van der Waals surface area (Å²) in [5, 5.41) is 16.5. The zero-order valence-corrected chi connectivity index (χ0v) is 24.0. The number of amides is 2. The number of nitrogens with zero attached hydrogens (tertiary/aromatic N) is 5. The number of pyridine rings is 1. The van der Waals surface area contributed by atoms with Crippen LogP contribution in [-0.4, -0.2) is 60.4 Å². The Morgan fingerprint density at radius 1 is 1.11 bits per heavy atom. The number of urea groups is 1. The summed E-state index contributed by atoms with van der Waals surface area (Å²) < 4.78 is 32.8. The van der Waals surface area contributed by atoms with Crippen LogP contribution in [0.2, 0.25) is 0 Å². The lowest BCUT2D eigenvalue weighted by molar-refractivity contribution is -0.385. The van der Waals surface area contributed by atoms with Crippen LogP contribution in [0.1, 0.15) is 24.8 Å². The molecule has 0 radical (unpaired) electrons. The summed E-state index contributed by atoms with van der Waals surface area (Å²) in [6.07, 6.45) is 6.02. The van der Waals surface area contributed by atoms with Crippen molar-refractivity contribution in [2.24, 2.45) is 10.8 Å². The number of fused-ring (bicyclic) bond motifs is 1. The van der Waals surface area contributed by atoms with E-state index in [0.29, 0.717) is 34.8 Å². The van der Waals surface area contributed by atoms with Gasteiger partial charge in [-0.1, -0.05) is 12.1 Å². The number of carbonyl (C=O) groups excluding carboxylic acids is 1. The molecule has 13 heteroatoms. The summed E-state index contributed by atoms with van der Waals surface area (Å²) in [6, 6.07) is 13.6. The van der Waals surface area contributed by atoms with Crippen LogP contribution in [0.15, 0.2) is 72.0 Å². The third kappa shape index (κ3) is 7.01. The number of likely N-dealkylation sites (tertiary alicyclic amines) is 1. The van der Waals surface area contributed by atoms with Crippen molar-refractivity contribution in [2.45, 2.75) is 19.3 Å². The smallest absolute Gasteiger partial charge is 0.340 e. The quantitative estimate of drug-likeness (QED) is 0.0918. The van der Waals surface area contributed by atoms with Gasteiger partial charge >= 0.3 is 6.03 Å². The van der Waals surface area contributed by atoms with E-state index in [0.717, 1.165) is 43.3 Å². The molecule has 2 amide bonds. The molecule has 0 unspecified atom stereocenters. The number of benzene rings is 3. The van der Waals surface area contributed by atoms with Gasteiger partial charge < -0.3 is 24.8 Å². The van der Waals surface area contributed by atoms with Crippen molar-refractivity contribution in [2.75, 3.05) is 38.4 Å². The van der Waals surface area contributed by atoms with Crippen molar-refractivity contribution in [1.29, 1.82) is 0 Å². The lowest BCUT2D eigenvalue weighted by Crippen LogP contribution is -2.31. The summed E-state index contributed by atoms with van der Waals surface area (Å²) in [5.41, 5.74) is 5.95. The number of nitrogens with two attached hydrogens (primary N) is 1. The van der Waals surface area contributed by atoms with Gasteiger partial charge in [-0.05, 0) is 62.7 Å². The number of nitro benzene ring substituents is 1. The second-order valence-electron chi connectivity index (χ2n) is 10.0. The van der Waals surface area contributed by atoms with E-state index in [9.17, 15) is 14.9 Å². The SMILES string of the molecule is COc1cc2c(Oc3ccc(N(/N=C/c4ccccc4[N+](=O)[O-])C(N)=O)cc3F)ccnc2cc1OCCCN1CCCC1. The Balaban J connectivity index is 1.33. The Kier molecular flexibility index (Phi) is 9.45.